The molecule has 0 unspecified atom stereocenters. The number of carbonyl (C=O) groups is 1. The van der Waals surface area contributed by atoms with Crippen molar-refractivity contribution in [3.05, 3.63) is 0 Å². The number of likely N-dealkylation sites (N-methyl/N-ethyl adjacent to an activating group) is 1. The van der Waals surface area contributed by atoms with E-state index >= 15 is 0 Å². The fourth-order valence-corrected chi connectivity index (χ4v) is 3.50. The van der Waals surface area contributed by atoms with Crippen molar-refractivity contribution in [1.82, 2.24) is 4.90 Å². The van der Waals surface area contributed by atoms with E-state index in [4.69, 9.17) is 0 Å². The lowest BCUT2D eigenvalue weighted by Gasteiger charge is -2.36. The fourth-order valence-electron chi connectivity index (χ4n) is 3.50. The topological polar surface area (TPSA) is 40.5 Å². The maximum Gasteiger partial charge on any atom is 0.321 e. The first-order valence-electron chi connectivity index (χ1n) is 5.48. The van der Waals surface area contributed by atoms with Gasteiger partial charge in [0.1, 0.15) is 6.04 Å². The summed E-state index contributed by atoms with van der Waals surface area (Å²) in [5, 5.41) is 9.20. The minimum atomic E-state index is -0.636. The van der Waals surface area contributed by atoms with Gasteiger partial charge in [-0.05, 0) is 31.2 Å². The van der Waals surface area contributed by atoms with Crippen LogP contribution in [0.3, 0.4) is 0 Å². The molecule has 0 radical (unpaired) electrons. The van der Waals surface area contributed by atoms with E-state index in [0.717, 1.165) is 13.0 Å². The van der Waals surface area contributed by atoms with Gasteiger partial charge in [-0.15, -0.1) is 0 Å². The fraction of sp³-hybridized carbons (Fsp3) is 0.909. The highest BCUT2D eigenvalue weighted by molar-refractivity contribution is 5.74. The molecule has 2 aliphatic rings. The van der Waals surface area contributed by atoms with E-state index in [-0.39, 0.29) is 11.5 Å². The van der Waals surface area contributed by atoms with E-state index in [1.807, 2.05) is 11.9 Å². The van der Waals surface area contributed by atoms with Crippen LogP contribution in [-0.2, 0) is 4.79 Å². The molecule has 0 aromatic heterocycles. The number of hydrogen-bond acceptors (Lipinski definition) is 2. The Balaban J connectivity index is 2.24. The van der Waals surface area contributed by atoms with Gasteiger partial charge in [0.2, 0.25) is 0 Å². The Morgan fingerprint density at radius 2 is 2.21 bits per heavy atom. The highest BCUT2D eigenvalue weighted by Gasteiger charge is 2.51. The molecule has 3 atom stereocenters. The lowest BCUT2D eigenvalue weighted by atomic mass is 9.67. The molecule has 1 saturated carbocycles. The monoisotopic (exact) mass is 197 g/mol. The molecule has 3 nitrogen and oxygen atoms in total. The normalized spacial score (nSPS) is 43.6. The van der Waals surface area contributed by atoms with Crippen molar-refractivity contribution in [2.24, 2.45) is 11.3 Å². The molecule has 0 amide bonds. The summed E-state index contributed by atoms with van der Waals surface area (Å²) in [6.45, 7) is 3.21. The average Bonchev–Trinajstić information content (AvgIpc) is 2.34. The molecule has 0 aromatic rings. The van der Waals surface area contributed by atoms with Crippen molar-refractivity contribution in [1.29, 1.82) is 0 Å². The first kappa shape index (κ1) is 9.97. The molecule has 0 spiro atoms. The molecule has 1 aliphatic heterocycles. The summed E-state index contributed by atoms with van der Waals surface area (Å²) in [5.74, 6) is -0.262. The Morgan fingerprint density at radius 1 is 1.50 bits per heavy atom. The molecule has 2 rings (SSSR count). The zero-order valence-electron chi connectivity index (χ0n) is 8.99. The Bertz CT molecular complexity index is 254. The van der Waals surface area contributed by atoms with Crippen molar-refractivity contribution >= 4 is 5.97 Å². The average molecular weight is 197 g/mol. The molecule has 2 fully saturated rings. The van der Waals surface area contributed by atoms with E-state index in [1.54, 1.807) is 0 Å². The molecule has 1 aliphatic carbocycles. The number of rotatable bonds is 1. The van der Waals surface area contributed by atoms with E-state index in [1.165, 1.54) is 19.3 Å². The summed E-state index contributed by atoms with van der Waals surface area (Å²) in [4.78, 5) is 13.2. The van der Waals surface area contributed by atoms with Gasteiger partial charge in [0.05, 0.1) is 0 Å². The first-order valence-corrected chi connectivity index (χ1v) is 5.48. The summed E-state index contributed by atoms with van der Waals surface area (Å²) in [7, 11) is 1.95. The molecule has 0 aromatic carbocycles. The van der Waals surface area contributed by atoms with Gasteiger partial charge in [-0.2, -0.15) is 0 Å². The van der Waals surface area contributed by atoms with Crippen molar-refractivity contribution < 1.29 is 9.90 Å². The molecule has 1 N–H and O–H groups in total. The van der Waals surface area contributed by atoms with Gasteiger partial charge in [0.15, 0.2) is 0 Å². The molecule has 0 bridgehead atoms. The molecule has 14 heavy (non-hydrogen) atoms. The molecule has 80 valence electrons. The number of carboxylic acids is 1. The molecule has 1 heterocycles. The van der Waals surface area contributed by atoms with Crippen LogP contribution in [0.1, 0.15) is 32.6 Å². The van der Waals surface area contributed by atoms with Gasteiger partial charge in [-0.1, -0.05) is 19.8 Å². The first-order chi connectivity index (χ1) is 6.54. The Hall–Kier alpha value is -0.570. The van der Waals surface area contributed by atoms with Crippen LogP contribution in [0.5, 0.6) is 0 Å². The number of nitrogens with zero attached hydrogens (tertiary/aromatic N) is 1. The summed E-state index contributed by atoms with van der Waals surface area (Å²) in [5.41, 5.74) is 0.260. The van der Waals surface area contributed by atoms with Gasteiger partial charge < -0.3 is 5.11 Å². The summed E-state index contributed by atoms with van der Waals surface area (Å²) in [6, 6.07) is -0.236. The standard InChI is InChI=1S/C11H19NO2/c1-11-6-4-3-5-8(11)9(10(13)14)12(2)7-11/h8-9H,3-7H2,1-2H3,(H,13,14)/t8-,9-,11+/m1/s1. The second-order valence-electron chi connectivity index (χ2n) is 5.20. The lowest BCUT2D eigenvalue weighted by molar-refractivity contribution is -0.143. The maximum atomic E-state index is 11.2. The van der Waals surface area contributed by atoms with Crippen molar-refractivity contribution in [3.63, 3.8) is 0 Å². The van der Waals surface area contributed by atoms with Crippen LogP contribution in [0.15, 0.2) is 0 Å². The van der Waals surface area contributed by atoms with Gasteiger partial charge in [-0.3, -0.25) is 9.69 Å². The van der Waals surface area contributed by atoms with Crippen LogP contribution in [0.4, 0.5) is 0 Å². The van der Waals surface area contributed by atoms with Crippen LogP contribution in [-0.4, -0.2) is 35.6 Å². The van der Waals surface area contributed by atoms with E-state index in [2.05, 4.69) is 6.92 Å². The number of hydrogen-bond donors (Lipinski definition) is 1. The summed E-state index contributed by atoms with van der Waals surface area (Å²) < 4.78 is 0. The van der Waals surface area contributed by atoms with Crippen molar-refractivity contribution in [2.45, 2.75) is 38.6 Å². The van der Waals surface area contributed by atoms with Gasteiger partial charge in [0.25, 0.3) is 0 Å². The van der Waals surface area contributed by atoms with Gasteiger partial charge >= 0.3 is 5.97 Å². The lowest BCUT2D eigenvalue weighted by Crippen LogP contribution is -2.39. The van der Waals surface area contributed by atoms with Crippen molar-refractivity contribution in [2.75, 3.05) is 13.6 Å². The van der Waals surface area contributed by atoms with E-state index in [0.29, 0.717) is 5.92 Å². The Kier molecular flexibility index (Phi) is 2.30. The number of aliphatic carboxylic acids is 1. The summed E-state index contributed by atoms with van der Waals surface area (Å²) in [6.07, 6.45) is 4.77. The smallest absolute Gasteiger partial charge is 0.321 e. The molecule has 3 heteroatoms. The Morgan fingerprint density at radius 3 is 2.86 bits per heavy atom. The van der Waals surface area contributed by atoms with Crippen LogP contribution in [0.2, 0.25) is 0 Å². The van der Waals surface area contributed by atoms with Gasteiger partial charge in [0, 0.05) is 6.54 Å². The molecular formula is C11H19NO2. The third kappa shape index (κ3) is 1.34. The SMILES string of the molecule is CN1C[C@]2(C)CCCC[C@@H]2[C@@H]1C(=O)O. The molecule has 1 saturated heterocycles. The third-order valence-corrected chi connectivity index (χ3v) is 4.13. The van der Waals surface area contributed by atoms with Crippen LogP contribution in [0, 0.1) is 11.3 Å². The van der Waals surface area contributed by atoms with Crippen LogP contribution in [0.25, 0.3) is 0 Å². The highest BCUT2D eigenvalue weighted by atomic mass is 16.4. The van der Waals surface area contributed by atoms with Crippen LogP contribution < -0.4 is 0 Å². The quantitative estimate of drug-likeness (QED) is 0.694. The minimum absolute atomic E-state index is 0.236. The second kappa shape index (κ2) is 3.23. The van der Waals surface area contributed by atoms with Gasteiger partial charge in [-0.25, -0.2) is 0 Å². The maximum absolute atomic E-state index is 11.2. The number of carboxylic acid groups (broad SMARTS) is 1. The zero-order valence-corrected chi connectivity index (χ0v) is 8.99. The van der Waals surface area contributed by atoms with Crippen LogP contribution >= 0.6 is 0 Å². The highest BCUT2D eigenvalue weighted by Crippen LogP contribution is 2.49. The predicted molar refractivity (Wildman–Crippen MR) is 54.1 cm³/mol. The number of likely N-dealkylation sites (tertiary alicyclic amines) is 1. The molecular weight excluding hydrogens is 178 g/mol. The Labute approximate surface area is 85.1 Å². The van der Waals surface area contributed by atoms with E-state index < -0.39 is 5.97 Å². The summed E-state index contributed by atoms with van der Waals surface area (Å²) >= 11 is 0. The van der Waals surface area contributed by atoms with E-state index in [9.17, 15) is 9.90 Å². The largest absolute Gasteiger partial charge is 0.480 e. The minimum Gasteiger partial charge on any atom is -0.480 e. The zero-order chi connectivity index (χ0) is 10.3. The second-order valence-corrected chi connectivity index (χ2v) is 5.20. The van der Waals surface area contributed by atoms with Crippen molar-refractivity contribution in [3.8, 4) is 0 Å². The number of fused-ring (bicyclic) bond motifs is 1. The third-order valence-electron chi connectivity index (χ3n) is 4.13. The predicted octanol–water partition coefficient (Wildman–Crippen LogP) is 1.58.